The summed E-state index contributed by atoms with van der Waals surface area (Å²) in [7, 11) is 0. The monoisotopic (exact) mass is 560 g/mol. The van der Waals surface area contributed by atoms with Crippen LogP contribution in [0.4, 0.5) is 0 Å². The van der Waals surface area contributed by atoms with Crippen molar-refractivity contribution in [3.63, 3.8) is 0 Å². The molecule has 3 amide bonds. The molecular formula is C30H36N6O5. The molecule has 11 nitrogen and oxygen atoms in total. The Hall–Kier alpha value is -4.64. The predicted octanol–water partition coefficient (Wildman–Crippen LogP) is 1.98. The number of benzene rings is 2. The third-order valence-electron chi connectivity index (χ3n) is 7.16. The molecule has 0 saturated heterocycles. The Balaban J connectivity index is 1.35. The number of carbonyl (C=O) groups excluding carboxylic acids is 3. The summed E-state index contributed by atoms with van der Waals surface area (Å²) >= 11 is 0. The average molecular weight is 561 g/mol. The van der Waals surface area contributed by atoms with E-state index >= 15 is 0 Å². The molecule has 4 rings (SSSR count). The number of aliphatic carboxylic acids is 1. The standard InChI is InChI=1S/C30H36N6O5/c1-16(2)26(29(39)35-25(30(40)41)13-19-15-33-24-11-7-5-9-21(19)24)36-27(37)17(3)34-28(38)22(31)12-18-14-32-23-10-6-4-8-20(18)23/h4-11,14-17,22,25-26,32-33H,12-13,31H2,1-3H3,(H,34,38)(H,35,39)(H,36,37)(H,40,41). The van der Waals surface area contributed by atoms with Gasteiger partial charge in [0, 0.05) is 40.6 Å². The van der Waals surface area contributed by atoms with Crippen molar-refractivity contribution in [3.8, 4) is 0 Å². The summed E-state index contributed by atoms with van der Waals surface area (Å²) in [5.41, 5.74) is 9.58. The fourth-order valence-corrected chi connectivity index (χ4v) is 4.81. The van der Waals surface area contributed by atoms with Crippen molar-refractivity contribution in [1.82, 2.24) is 25.9 Å². The van der Waals surface area contributed by atoms with Gasteiger partial charge >= 0.3 is 5.97 Å². The van der Waals surface area contributed by atoms with Crippen molar-refractivity contribution in [2.45, 2.75) is 57.8 Å². The minimum atomic E-state index is -1.21. The van der Waals surface area contributed by atoms with E-state index in [9.17, 15) is 24.3 Å². The topological polar surface area (TPSA) is 182 Å². The summed E-state index contributed by atoms with van der Waals surface area (Å²) in [5.74, 6) is -3.27. The number of para-hydroxylation sites is 2. The molecule has 4 unspecified atom stereocenters. The molecule has 4 aromatic rings. The number of rotatable bonds is 12. The second-order valence-electron chi connectivity index (χ2n) is 10.6. The maximum atomic E-state index is 13.2. The fraction of sp³-hybridized carbons (Fsp3) is 0.333. The van der Waals surface area contributed by atoms with Crippen molar-refractivity contribution in [3.05, 3.63) is 72.1 Å². The van der Waals surface area contributed by atoms with Crippen LogP contribution >= 0.6 is 0 Å². The van der Waals surface area contributed by atoms with E-state index in [1.54, 1.807) is 20.0 Å². The second-order valence-corrected chi connectivity index (χ2v) is 10.6. The lowest BCUT2D eigenvalue weighted by atomic mass is 10.0. The molecule has 8 N–H and O–H groups in total. The highest BCUT2D eigenvalue weighted by atomic mass is 16.4. The zero-order valence-corrected chi connectivity index (χ0v) is 23.2. The van der Waals surface area contributed by atoms with Gasteiger partial charge in [0.25, 0.3) is 0 Å². The third kappa shape index (κ3) is 6.93. The van der Waals surface area contributed by atoms with E-state index in [1.165, 1.54) is 6.92 Å². The minimum Gasteiger partial charge on any atom is -0.480 e. The molecule has 0 spiro atoms. The molecule has 0 aliphatic heterocycles. The van der Waals surface area contributed by atoms with Crippen LogP contribution in [0.1, 0.15) is 31.9 Å². The largest absolute Gasteiger partial charge is 0.480 e. The number of aromatic nitrogens is 2. The molecule has 11 heteroatoms. The van der Waals surface area contributed by atoms with Crippen LogP contribution < -0.4 is 21.7 Å². The van der Waals surface area contributed by atoms with Crippen LogP contribution in [0, 0.1) is 5.92 Å². The Bertz CT molecular complexity index is 1560. The molecule has 41 heavy (non-hydrogen) atoms. The van der Waals surface area contributed by atoms with E-state index in [-0.39, 0.29) is 18.8 Å². The number of hydrogen-bond donors (Lipinski definition) is 7. The van der Waals surface area contributed by atoms with Crippen LogP contribution in [0.3, 0.4) is 0 Å². The fourth-order valence-electron chi connectivity index (χ4n) is 4.81. The zero-order chi connectivity index (χ0) is 29.7. The maximum Gasteiger partial charge on any atom is 0.326 e. The normalized spacial score (nSPS) is 14.4. The second kappa shape index (κ2) is 12.7. The van der Waals surface area contributed by atoms with E-state index in [1.807, 2.05) is 54.7 Å². The summed E-state index contributed by atoms with van der Waals surface area (Å²) < 4.78 is 0. The van der Waals surface area contributed by atoms with Crippen molar-refractivity contribution >= 4 is 45.5 Å². The van der Waals surface area contributed by atoms with Gasteiger partial charge in [-0.15, -0.1) is 0 Å². The molecule has 0 aliphatic carbocycles. The average Bonchev–Trinajstić information content (AvgIpc) is 3.54. The summed E-state index contributed by atoms with van der Waals surface area (Å²) in [5, 5.41) is 19.5. The summed E-state index contributed by atoms with van der Waals surface area (Å²) in [4.78, 5) is 57.2. The molecule has 0 fully saturated rings. The predicted molar refractivity (Wildman–Crippen MR) is 156 cm³/mol. The Kier molecular flexibility index (Phi) is 9.08. The first kappa shape index (κ1) is 29.3. The van der Waals surface area contributed by atoms with E-state index < -0.39 is 47.9 Å². The Morgan fingerprint density at radius 3 is 1.83 bits per heavy atom. The van der Waals surface area contributed by atoms with Crippen LogP contribution in [-0.4, -0.2) is 62.9 Å². The quantitative estimate of drug-likeness (QED) is 0.139. The van der Waals surface area contributed by atoms with Gasteiger partial charge in [0.15, 0.2) is 0 Å². The molecule has 0 aliphatic rings. The maximum absolute atomic E-state index is 13.2. The number of nitrogens with one attached hydrogen (secondary N) is 5. The van der Waals surface area contributed by atoms with Gasteiger partial charge in [0.2, 0.25) is 17.7 Å². The number of carboxylic acid groups (broad SMARTS) is 1. The summed E-state index contributed by atoms with van der Waals surface area (Å²) in [6.45, 7) is 4.97. The van der Waals surface area contributed by atoms with E-state index in [2.05, 4.69) is 25.9 Å². The highest BCUT2D eigenvalue weighted by Gasteiger charge is 2.31. The lowest BCUT2D eigenvalue weighted by Crippen LogP contribution is -2.58. The Morgan fingerprint density at radius 1 is 0.756 bits per heavy atom. The summed E-state index contributed by atoms with van der Waals surface area (Å²) in [6.07, 6.45) is 3.86. The third-order valence-corrected chi connectivity index (χ3v) is 7.16. The van der Waals surface area contributed by atoms with Gasteiger partial charge in [-0.1, -0.05) is 50.2 Å². The van der Waals surface area contributed by atoms with Crippen molar-refractivity contribution in [2.75, 3.05) is 0 Å². The van der Waals surface area contributed by atoms with Gasteiger partial charge in [0.05, 0.1) is 6.04 Å². The lowest BCUT2D eigenvalue weighted by Gasteiger charge is -2.26. The van der Waals surface area contributed by atoms with E-state index in [0.717, 1.165) is 32.9 Å². The van der Waals surface area contributed by atoms with Crippen LogP contribution in [0.5, 0.6) is 0 Å². The lowest BCUT2D eigenvalue weighted by molar-refractivity contribution is -0.142. The smallest absolute Gasteiger partial charge is 0.326 e. The molecule has 0 radical (unpaired) electrons. The van der Waals surface area contributed by atoms with Crippen molar-refractivity contribution in [1.29, 1.82) is 0 Å². The van der Waals surface area contributed by atoms with Gasteiger partial charge in [0.1, 0.15) is 18.1 Å². The number of carboxylic acids is 1. The zero-order valence-electron chi connectivity index (χ0n) is 23.2. The highest BCUT2D eigenvalue weighted by Crippen LogP contribution is 2.20. The van der Waals surface area contributed by atoms with Gasteiger partial charge in [-0.2, -0.15) is 0 Å². The summed E-state index contributed by atoms with van der Waals surface area (Å²) in [6, 6.07) is 11.1. The number of fused-ring (bicyclic) bond motifs is 2. The van der Waals surface area contributed by atoms with Crippen LogP contribution in [-0.2, 0) is 32.0 Å². The first-order valence-electron chi connectivity index (χ1n) is 13.5. The number of H-pyrrole nitrogens is 2. The Morgan fingerprint density at radius 2 is 1.29 bits per heavy atom. The van der Waals surface area contributed by atoms with Crippen LogP contribution in [0.2, 0.25) is 0 Å². The van der Waals surface area contributed by atoms with Gasteiger partial charge in [-0.25, -0.2) is 4.79 Å². The first-order valence-corrected chi connectivity index (χ1v) is 13.5. The molecule has 2 aromatic heterocycles. The number of carbonyl (C=O) groups is 4. The molecule has 0 bridgehead atoms. The number of nitrogens with two attached hydrogens (primary N) is 1. The van der Waals surface area contributed by atoms with E-state index in [0.29, 0.717) is 0 Å². The van der Waals surface area contributed by atoms with Crippen LogP contribution in [0.15, 0.2) is 60.9 Å². The molecule has 216 valence electrons. The minimum absolute atomic E-state index is 0.0601. The molecule has 4 atom stereocenters. The van der Waals surface area contributed by atoms with Crippen molar-refractivity contribution < 1.29 is 24.3 Å². The molecule has 2 aromatic carbocycles. The first-order chi connectivity index (χ1) is 19.5. The Labute approximate surface area is 237 Å². The van der Waals surface area contributed by atoms with Gasteiger partial charge < -0.3 is 36.8 Å². The molecule has 2 heterocycles. The SMILES string of the molecule is CC(NC(=O)C(N)Cc1c[nH]c2ccccc12)C(=O)NC(C(=O)NC(Cc1c[nH]c2ccccc12)C(=O)O)C(C)C. The number of hydrogen-bond acceptors (Lipinski definition) is 5. The molecule has 0 saturated carbocycles. The number of amides is 3. The van der Waals surface area contributed by atoms with E-state index in [4.69, 9.17) is 5.73 Å². The highest BCUT2D eigenvalue weighted by molar-refractivity contribution is 5.94. The van der Waals surface area contributed by atoms with Gasteiger partial charge in [-0.3, -0.25) is 14.4 Å². The molecular weight excluding hydrogens is 524 g/mol. The van der Waals surface area contributed by atoms with Gasteiger partial charge in [-0.05, 0) is 42.5 Å². The van der Waals surface area contributed by atoms with Crippen molar-refractivity contribution in [2.24, 2.45) is 11.7 Å². The van der Waals surface area contributed by atoms with Crippen LogP contribution in [0.25, 0.3) is 21.8 Å². The number of aromatic amines is 2.